The van der Waals surface area contributed by atoms with Gasteiger partial charge >= 0.3 is 0 Å². The minimum absolute atomic E-state index is 0.400. The second-order valence-electron chi connectivity index (χ2n) is 6.32. The van der Waals surface area contributed by atoms with Gasteiger partial charge in [0.2, 0.25) is 0 Å². The minimum atomic E-state index is 0.400. The molecular formula is C22H23N7. The van der Waals surface area contributed by atoms with Crippen LogP contribution in [0.1, 0.15) is 16.7 Å². The Morgan fingerprint density at radius 3 is 1.28 bits per heavy atom. The summed E-state index contributed by atoms with van der Waals surface area (Å²) >= 11 is 0. The van der Waals surface area contributed by atoms with E-state index >= 15 is 0 Å². The van der Waals surface area contributed by atoms with Crippen molar-refractivity contribution in [3.05, 3.63) is 89.5 Å². The number of nitrogens with zero attached hydrogens (tertiary/aromatic N) is 3. The molecule has 3 rings (SSSR count). The minimum Gasteiger partial charge on any atom is -0.399 e. The van der Waals surface area contributed by atoms with Gasteiger partial charge in [0, 0.05) is 29.4 Å². The summed E-state index contributed by atoms with van der Waals surface area (Å²) in [5.41, 5.74) is 28.2. The van der Waals surface area contributed by atoms with Crippen molar-refractivity contribution >= 4 is 34.6 Å². The van der Waals surface area contributed by atoms with Crippen LogP contribution < -0.4 is 22.9 Å². The summed E-state index contributed by atoms with van der Waals surface area (Å²) in [6, 6.07) is 22.0. The molecule has 0 aliphatic rings. The quantitative estimate of drug-likeness (QED) is 0.304. The van der Waals surface area contributed by atoms with Crippen LogP contribution >= 0.6 is 0 Å². The van der Waals surface area contributed by atoms with Crippen LogP contribution in [0.5, 0.6) is 0 Å². The molecular weight excluding hydrogens is 362 g/mol. The average molecular weight is 385 g/mol. The Morgan fingerprint density at radius 1 is 0.552 bits per heavy atom. The SMILES string of the molecule is CN=C(N)c1ccc(N=C(N)c2ccc(N=C(N)c3ccc(N)cc3)cc2)cc1. The molecule has 0 aliphatic heterocycles. The summed E-state index contributed by atoms with van der Waals surface area (Å²) in [4.78, 5) is 12.8. The molecule has 0 aliphatic carbocycles. The zero-order chi connectivity index (χ0) is 20.8. The Balaban J connectivity index is 1.76. The predicted octanol–water partition coefficient (Wildman–Crippen LogP) is 2.68. The number of hydrogen-bond acceptors (Lipinski definition) is 4. The van der Waals surface area contributed by atoms with Gasteiger partial charge in [-0.3, -0.25) is 4.99 Å². The molecule has 0 fully saturated rings. The molecule has 0 saturated carbocycles. The number of hydrogen-bond donors (Lipinski definition) is 4. The molecule has 8 N–H and O–H groups in total. The highest BCUT2D eigenvalue weighted by atomic mass is 14.9. The first kappa shape index (κ1) is 19.6. The molecule has 3 aromatic carbocycles. The highest BCUT2D eigenvalue weighted by Crippen LogP contribution is 2.17. The molecule has 0 radical (unpaired) electrons. The number of nitrogens with two attached hydrogens (primary N) is 4. The average Bonchev–Trinajstić information content (AvgIpc) is 2.74. The van der Waals surface area contributed by atoms with E-state index in [2.05, 4.69) is 15.0 Å². The fourth-order valence-corrected chi connectivity index (χ4v) is 2.60. The van der Waals surface area contributed by atoms with Crippen LogP contribution in [0.4, 0.5) is 17.1 Å². The van der Waals surface area contributed by atoms with Crippen molar-refractivity contribution in [3.8, 4) is 0 Å². The molecule has 0 saturated heterocycles. The lowest BCUT2D eigenvalue weighted by molar-refractivity contribution is 1.38. The van der Waals surface area contributed by atoms with Crippen molar-refractivity contribution in [2.45, 2.75) is 0 Å². The summed E-state index contributed by atoms with van der Waals surface area (Å²) in [6.45, 7) is 0. The third-order valence-electron chi connectivity index (χ3n) is 4.27. The fourth-order valence-electron chi connectivity index (χ4n) is 2.60. The van der Waals surface area contributed by atoms with E-state index in [-0.39, 0.29) is 0 Å². The molecule has 7 nitrogen and oxygen atoms in total. The number of rotatable bonds is 5. The number of amidine groups is 3. The Morgan fingerprint density at radius 2 is 0.897 bits per heavy atom. The second kappa shape index (κ2) is 8.71. The predicted molar refractivity (Wildman–Crippen MR) is 121 cm³/mol. The van der Waals surface area contributed by atoms with Crippen molar-refractivity contribution in [2.75, 3.05) is 12.8 Å². The van der Waals surface area contributed by atoms with Crippen LogP contribution in [0.15, 0.2) is 87.8 Å². The monoisotopic (exact) mass is 385 g/mol. The summed E-state index contributed by atoms with van der Waals surface area (Å²) < 4.78 is 0. The van der Waals surface area contributed by atoms with E-state index in [1.54, 1.807) is 19.2 Å². The van der Waals surface area contributed by atoms with Gasteiger partial charge in [-0.05, 0) is 72.8 Å². The van der Waals surface area contributed by atoms with Gasteiger partial charge in [-0.2, -0.15) is 0 Å². The molecule has 0 unspecified atom stereocenters. The summed E-state index contributed by atoms with van der Waals surface area (Å²) in [5.74, 6) is 1.29. The van der Waals surface area contributed by atoms with Crippen molar-refractivity contribution < 1.29 is 0 Å². The fraction of sp³-hybridized carbons (Fsp3) is 0.0455. The summed E-state index contributed by atoms with van der Waals surface area (Å²) in [6.07, 6.45) is 0. The van der Waals surface area contributed by atoms with Crippen molar-refractivity contribution in [2.24, 2.45) is 32.2 Å². The van der Waals surface area contributed by atoms with Crippen molar-refractivity contribution in [1.29, 1.82) is 0 Å². The van der Waals surface area contributed by atoms with E-state index in [0.717, 1.165) is 28.1 Å². The molecule has 0 bridgehead atoms. The van der Waals surface area contributed by atoms with Gasteiger partial charge in [0.15, 0.2) is 0 Å². The lowest BCUT2D eigenvalue weighted by Gasteiger charge is -2.05. The van der Waals surface area contributed by atoms with E-state index in [9.17, 15) is 0 Å². The molecule has 0 amide bonds. The van der Waals surface area contributed by atoms with Crippen LogP contribution in [-0.2, 0) is 0 Å². The molecule has 7 heteroatoms. The number of nitrogen functional groups attached to an aromatic ring is 1. The molecule has 0 spiro atoms. The first-order chi connectivity index (χ1) is 14.0. The standard InChI is InChI=1S/C22H23N7/c1-27-20(24)14-4-10-18(11-5-14)29-22(26)16-6-12-19(13-7-16)28-21(25)15-2-8-17(23)9-3-15/h2-13H,23H2,1H3,(H2,24,27)(H2,25,28)(H2,26,29). The third kappa shape index (κ3) is 4.98. The largest absolute Gasteiger partial charge is 0.399 e. The van der Waals surface area contributed by atoms with E-state index < -0.39 is 0 Å². The molecule has 0 aromatic heterocycles. The number of aliphatic imine (C=N–C) groups is 3. The zero-order valence-corrected chi connectivity index (χ0v) is 16.1. The van der Waals surface area contributed by atoms with Gasteiger partial charge in [0.1, 0.15) is 17.5 Å². The Hall–Kier alpha value is -4.13. The van der Waals surface area contributed by atoms with Crippen LogP contribution in [0.3, 0.4) is 0 Å². The van der Waals surface area contributed by atoms with Crippen LogP contribution in [0.25, 0.3) is 0 Å². The van der Waals surface area contributed by atoms with Gasteiger partial charge in [0.25, 0.3) is 0 Å². The van der Waals surface area contributed by atoms with E-state index in [1.807, 2.05) is 60.7 Å². The molecule has 0 heterocycles. The number of anilines is 1. The Bertz CT molecular complexity index is 1060. The van der Waals surface area contributed by atoms with E-state index in [4.69, 9.17) is 22.9 Å². The maximum atomic E-state index is 6.14. The molecule has 0 atom stereocenters. The van der Waals surface area contributed by atoms with Crippen LogP contribution in [-0.4, -0.2) is 24.6 Å². The first-order valence-electron chi connectivity index (χ1n) is 8.93. The Kier molecular flexibility index (Phi) is 5.89. The summed E-state index contributed by atoms with van der Waals surface area (Å²) in [5, 5.41) is 0. The summed E-state index contributed by atoms with van der Waals surface area (Å²) in [7, 11) is 1.65. The third-order valence-corrected chi connectivity index (χ3v) is 4.27. The zero-order valence-electron chi connectivity index (χ0n) is 16.1. The van der Waals surface area contributed by atoms with Gasteiger partial charge in [-0.15, -0.1) is 0 Å². The normalized spacial score (nSPS) is 12.8. The van der Waals surface area contributed by atoms with Gasteiger partial charge in [-0.1, -0.05) is 0 Å². The van der Waals surface area contributed by atoms with Gasteiger partial charge in [-0.25, -0.2) is 9.98 Å². The molecule has 3 aromatic rings. The molecule has 146 valence electrons. The lowest BCUT2D eigenvalue weighted by Crippen LogP contribution is -2.13. The van der Waals surface area contributed by atoms with E-state index in [1.165, 1.54) is 0 Å². The number of benzene rings is 3. The van der Waals surface area contributed by atoms with Crippen molar-refractivity contribution in [1.82, 2.24) is 0 Å². The van der Waals surface area contributed by atoms with Crippen LogP contribution in [0.2, 0.25) is 0 Å². The lowest BCUT2D eigenvalue weighted by atomic mass is 10.1. The topological polar surface area (TPSA) is 141 Å². The Labute approximate surface area is 169 Å². The molecule has 29 heavy (non-hydrogen) atoms. The first-order valence-corrected chi connectivity index (χ1v) is 8.93. The van der Waals surface area contributed by atoms with Gasteiger partial charge in [0.05, 0.1) is 11.4 Å². The highest BCUT2D eigenvalue weighted by Gasteiger charge is 2.03. The smallest absolute Gasteiger partial charge is 0.131 e. The second-order valence-corrected chi connectivity index (χ2v) is 6.32. The van der Waals surface area contributed by atoms with Gasteiger partial charge < -0.3 is 22.9 Å². The highest BCUT2D eigenvalue weighted by molar-refractivity contribution is 6.01. The maximum Gasteiger partial charge on any atom is 0.131 e. The van der Waals surface area contributed by atoms with Crippen LogP contribution in [0, 0.1) is 0 Å². The van der Waals surface area contributed by atoms with Crippen molar-refractivity contribution in [3.63, 3.8) is 0 Å². The van der Waals surface area contributed by atoms with E-state index in [0.29, 0.717) is 23.2 Å². The maximum absolute atomic E-state index is 6.14.